The van der Waals surface area contributed by atoms with E-state index in [9.17, 15) is 4.79 Å². The molecule has 3 rings (SSSR count). The third-order valence-electron chi connectivity index (χ3n) is 3.24. The molecule has 0 atom stereocenters. The number of aromatic nitrogens is 3. The van der Waals surface area contributed by atoms with Gasteiger partial charge in [-0.2, -0.15) is 0 Å². The average molecular weight is 328 g/mol. The van der Waals surface area contributed by atoms with E-state index >= 15 is 0 Å². The van der Waals surface area contributed by atoms with Crippen molar-refractivity contribution in [2.75, 3.05) is 6.61 Å². The van der Waals surface area contributed by atoms with Crippen LogP contribution in [0.3, 0.4) is 0 Å². The standard InChI is InChI=1S/C16H16N4O4/c17-16(21)23-10-14-9-15(19-24-14)12-1-3-13(4-2-12)22-8-7-20-6-5-18-11-20/h1-6,9,11H,7-8,10H2,(H2,17,21). The maximum atomic E-state index is 10.6. The fraction of sp³-hybridized carbons (Fsp3) is 0.188. The molecule has 0 saturated heterocycles. The molecule has 2 aromatic heterocycles. The Morgan fingerprint density at radius 2 is 2.12 bits per heavy atom. The molecule has 2 N–H and O–H groups in total. The molecule has 0 fully saturated rings. The van der Waals surface area contributed by atoms with Gasteiger partial charge in [-0.25, -0.2) is 9.78 Å². The molecule has 2 heterocycles. The Hall–Kier alpha value is -3.29. The molecule has 0 aliphatic heterocycles. The highest BCUT2D eigenvalue weighted by Crippen LogP contribution is 2.22. The molecule has 3 aromatic rings. The molecule has 0 unspecified atom stereocenters. The van der Waals surface area contributed by atoms with Crippen molar-refractivity contribution < 1.29 is 18.8 Å². The number of ether oxygens (including phenoxy) is 2. The van der Waals surface area contributed by atoms with Crippen molar-refractivity contribution in [2.24, 2.45) is 5.73 Å². The van der Waals surface area contributed by atoms with Gasteiger partial charge in [-0.3, -0.25) is 0 Å². The minimum atomic E-state index is -0.856. The zero-order valence-corrected chi connectivity index (χ0v) is 12.8. The van der Waals surface area contributed by atoms with Crippen LogP contribution < -0.4 is 10.5 Å². The average Bonchev–Trinajstić information content (AvgIpc) is 3.25. The second-order valence-corrected chi connectivity index (χ2v) is 4.96. The van der Waals surface area contributed by atoms with Crippen LogP contribution in [-0.4, -0.2) is 27.4 Å². The van der Waals surface area contributed by atoms with E-state index in [2.05, 4.69) is 14.9 Å². The predicted molar refractivity (Wildman–Crippen MR) is 84.0 cm³/mol. The molecule has 0 bridgehead atoms. The van der Waals surface area contributed by atoms with Crippen LogP contribution >= 0.6 is 0 Å². The first-order valence-electron chi connectivity index (χ1n) is 7.27. The second kappa shape index (κ2) is 7.32. The highest BCUT2D eigenvalue weighted by Gasteiger charge is 2.08. The summed E-state index contributed by atoms with van der Waals surface area (Å²) in [6.07, 6.45) is 4.51. The minimum Gasteiger partial charge on any atom is -0.492 e. The number of nitrogens with zero attached hydrogens (tertiary/aromatic N) is 3. The van der Waals surface area contributed by atoms with E-state index in [4.69, 9.17) is 15.0 Å². The van der Waals surface area contributed by atoms with Gasteiger partial charge in [0.15, 0.2) is 12.4 Å². The molecule has 1 aromatic carbocycles. The largest absolute Gasteiger partial charge is 0.492 e. The zero-order valence-electron chi connectivity index (χ0n) is 12.8. The third-order valence-corrected chi connectivity index (χ3v) is 3.24. The Kier molecular flexibility index (Phi) is 4.76. The molecule has 0 aliphatic rings. The van der Waals surface area contributed by atoms with Gasteiger partial charge in [0.1, 0.15) is 18.1 Å². The molecule has 0 aliphatic carbocycles. The van der Waals surface area contributed by atoms with Crippen molar-refractivity contribution in [3.8, 4) is 17.0 Å². The van der Waals surface area contributed by atoms with E-state index in [1.807, 2.05) is 35.0 Å². The number of imidazole rings is 1. The molecule has 8 nitrogen and oxygen atoms in total. The number of nitrogens with two attached hydrogens (primary N) is 1. The normalized spacial score (nSPS) is 10.5. The SMILES string of the molecule is NC(=O)OCc1cc(-c2ccc(OCCn3ccnc3)cc2)no1. The van der Waals surface area contributed by atoms with Crippen LogP contribution in [0.25, 0.3) is 11.3 Å². The van der Waals surface area contributed by atoms with Crippen molar-refractivity contribution >= 4 is 6.09 Å². The number of rotatable bonds is 7. The van der Waals surface area contributed by atoms with E-state index in [1.54, 1.807) is 18.6 Å². The van der Waals surface area contributed by atoms with E-state index in [1.165, 1.54) is 0 Å². The topological polar surface area (TPSA) is 105 Å². The molecule has 0 saturated carbocycles. The Morgan fingerprint density at radius 3 is 2.83 bits per heavy atom. The second-order valence-electron chi connectivity index (χ2n) is 4.96. The Balaban J connectivity index is 1.55. The maximum Gasteiger partial charge on any atom is 0.404 e. The molecular formula is C16H16N4O4. The van der Waals surface area contributed by atoms with Crippen molar-refractivity contribution in [3.05, 3.63) is 54.8 Å². The summed E-state index contributed by atoms with van der Waals surface area (Å²) in [5.41, 5.74) is 6.41. The zero-order chi connectivity index (χ0) is 16.8. The van der Waals surface area contributed by atoms with Crippen molar-refractivity contribution in [1.82, 2.24) is 14.7 Å². The first-order valence-corrected chi connectivity index (χ1v) is 7.27. The van der Waals surface area contributed by atoms with Gasteiger partial charge in [-0.05, 0) is 24.3 Å². The van der Waals surface area contributed by atoms with E-state index in [-0.39, 0.29) is 6.61 Å². The van der Waals surface area contributed by atoms with Crippen molar-refractivity contribution in [1.29, 1.82) is 0 Å². The van der Waals surface area contributed by atoms with Gasteiger partial charge < -0.3 is 24.3 Å². The maximum absolute atomic E-state index is 10.6. The van der Waals surface area contributed by atoms with Crippen LogP contribution in [0.15, 0.2) is 53.6 Å². The first-order chi connectivity index (χ1) is 11.7. The highest BCUT2D eigenvalue weighted by atomic mass is 16.6. The lowest BCUT2D eigenvalue weighted by molar-refractivity contribution is 0.137. The fourth-order valence-corrected chi connectivity index (χ4v) is 2.07. The van der Waals surface area contributed by atoms with Gasteiger partial charge in [0.05, 0.1) is 12.9 Å². The Bertz CT molecular complexity index is 781. The molecule has 8 heteroatoms. The molecule has 124 valence electrons. The van der Waals surface area contributed by atoms with Crippen LogP contribution in [0.2, 0.25) is 0 Å². The lowest BCUT2D eigenvalue weighted by atomic mass is 10.1. The van der Waals surface area contributed by atoms with Crippen LogP contribution in [0.4, 0.5) is 4.79 Å². The van der Waals surface area contributed by atoms with Gasteiger partial charge in [0.25, 0.3) is 0 Å². The molecule has 24 heavy (non-hydrogen) atoms. The van der Waals surface area contributed by atoms with Gasteiger partial charge >= 0.3 is 6.09 Å². The number of carbonyl (C=O) groups excluding carboxylic acids is 1. The first kappa shape index (κ1) is 15.6. The minimum absolute atomic E-state index is 0.0439. The number of hydrogen-bond donors (Lipinski definition) is 1. The number of benzene rings is 1. The summed E-state index contributed by atoms with van der Waals surface area (Å²) in [6.45, 7) is 1.24. The number of primary amides is 1. The van der Waals surface area contributed by atoms with Crippen molar-refractivity contribution in [3.63, 3.8) is 0 Å². The monoisotopic (exact) mass is 328 g/mol. The summed E-state index contributed by atoms with van der Waals surface area (Å²) in [5.74, 6) is 1.18. The van der Waals surface area contributed by atoms with Gasteiger partial charge in [-0.15, -0.1) is 0 Å². The smallest absolute Gasteiger partial charge is 0.404 e. The quantitative estimate of drug-likeness (QED) is 0.713. The van der Waals surface area contributed by atoms with Crippen LogP contribution in [0.1, 0.15) is 5.76 Å². The highest BCUT2D eigenvalue weighted by molar-refractivity contribution is 5.64. The summed E-state index contributed by atoms with van der Waals surface area (Å²) in [4.78, 5) is 14.5. The summed E-state index contributed by atoms with van der Waals surface area (Å²) >= 11 is 0. The molecule has 0 spiro atoms. The molecule has 0 radical (unpaired) electrons. The van der Waals surface area contributed by atoms with Crippen LogP contribution in [0.5, 0.6) is 5.75 Å². The van der Waals surface area contributed by atoms with E-state index < -0.39 is 6.09 Å². The van der Waals surface area contributed by atoms with Crippen LogP contribution in [-0.2, 0) is 17.9 Å². The molecule has 1 amide bonds. The lowest BCUT2D eigenvalue weighted by Gasteiger charge is -2.07. The van der Waals surface area contributed by atoms with Crippen molar-refractivity contribution in [2.45, 2.75) is 13.2 Å². The number of amides is 1. The fourth-order valence-electron chi connectivity index (χ4n) is 2.07. The van der Waals surface area contributed by atoms with Gasteiger partial charge in [0.2, 0.25) is 0 Å². The van der Waals surface area contributed by atoms with E-state index in [0.29, 0.717) is 18.1 Å². The van der Waals surface area contributed by atoms with Crippen LogP contribution in [0, 0.1) is 0 Å². The third kappa shape index (κ3) is 4.13. The lowest BCUT2D eigenvalue weighted by Crippen LogP contribution is -2.12. The summed E-state index contributed by atoms with van der Waals surface area (Å²) in [7, 11) is 0. The molecular weight excluding hydrogens is 312 g/mol. The predicted octanol–water partition coefficient (Wildman–Crippen LogP) is 2.21. The number of hydrogen-bond acceptors (Lipinski definition) is 6. The van der Waals surface area contributed by atoms with Gasteiger partial charge in [-0.1, -0.05) is 5.16 Å². The number of carbonyl (C=O) groups is 1. The van der Waals surface area contributed by atoms with Gasteiger partial charge in [0, 0.05) is 24.0 Å². The van der Waals surface area contributed by atoms with E-state index in [0.717, 1.165) is 17.9 Å². The summed E-state index contributed by atoms with van der Waals surface area (Å²) in [6, 6.07) is 9.17. The Labute approximate surface area is 137 Å². The summed E-state index contributed by atoms with van der Waals surface area (Å²) < 4.78 is 17.4. The Morgan fingerprint density at radius 1 is 1.29 bits per heavy atom. The summed E-state index contributed by atoms with van der Waals surface area (Å²) in [5, 5.41) is 3.93.